The lowest BCUT2D eigenvalue weighted by Crippen LogP contribution is -2.40. The van der Waals surface area contributed by atoms with E-state index in [0.29, 0.717) is 11.6 Å². The van der Waals surface area contributed by atoms with E-state index < -0.39 is 6.61 Å². The second-order valence-corrected chi connectivity index (χ2v) is 8.98. The van der Waals surface area contributed by atoms with Crippen LogP contribution in [0.1, 0.15) is 30.0 Å². The van der Waals surface area contributed by atoms with Crippen LogP contribution >= 0.6 is 0 Å². The second-order valence-electron chi connectivity index (χ2n) is 8.98. The van der Waals surface area contributed by atoms with Gasteiger partial charge < -0.3 is 14.7 Å². The van der Waals surface area contributed by atoms with Crippen molar-refractivity contribution in [3.63, 3.8) is 0 Å². The van der Waals surface area contributed by atoms with Crippen LogP contribution in [0.5, 0.6) is 11.6 Å². The Labute approximate surface area is 198 Å². The van der Waals surface area contributed by atoms with Gasteiger partial charge in [-0.1, -0.05) is 6.07 Å². The van der Waals surface area contributed by atoms with Gasteiger partial charge in [-0.2, -0.15) is 0 Å². The number of carbonyl (C=O) groups excluding carboxylic acids is 1. The number of amides is 1. The average Bonchev–Trinajstić information content (AvgIpc) is 3.56. The molecule has 1 amide bonds. The van der Waals surface area contributed by atoms with Gasteiger partial charge in [-0.15, -0.1) is 0 Å². The molecule has 3 N–H and O–H groups in total. The Morgan fingerprint density at radius 1 is 1.21 bits per heavy atom. The maximum absolute atomic E-state index is 11.8. The van der Waals surface area contributed by atoms with Gasteiger partial charge in [-0.05, 0) is 42.2 Å². The van der Waals surface area contributed by atoms with Crippen molar-refractivity contribution < 1.29 is 14.6 Å². The first-order valence-corrected chi connectivity index (χ1v) is 11.7. The zero-order valence-electron chi connectivity index (χ0n) is 19.3. The maximum atomic E-state index is 11.8. The van der Waals surface area contributed by atoms with Crippen LogP contribution in [0.3, 0.4) is 0 Å². The molecule has 3 aromatic rings. The van der Waals surface area contributed by atoms with Crippen molar-refractivity contribution in [3.8, 4) is 11.6 Å². The number of rotatable bonds is 7. The molecule has 1 aromatic carbocycles. The standard InChI is InChI=1S/C25H30N6O3/c1-30(25(33)16-32)20-7-9-31(15-20)14-17-10-18-2-4-21(11-23(18)26-12-17)34-24-5-3-19(13-27-24)22-6-8-28-29-22/h2-5,10-13,20,22,28-29,32H,6-9,14-16H2,1H3/t20-,22?/m1/s1. The fourth-order valence-corrected chi connectivity index (χ4v) is 4.66. The summed E-state index contributed by atoms with van der Waals surface area (Å²) in [6.07, 6.45) is 5.70. The van der Waals surface area contributed by atoms with Crippen molar-refractivity contribution in [1.82, 2.24) is 30.6 Å². The molecular formula is C25H30N6O3. The van der Waals surface area contributed by atoms with Gasteiger partial charge >= 0.3 is 0 Å². The van der Waals surface area contributed by atoms with Crippen molar-refractivity contribution in [2.75, 3.05) is 33.3 Å². The van der Waals surface area contributed by atoms with Gasteiger partial charge in [0.05, 0.1) is 5.52 Å². The topological polar surface area (TPSA) is 103 Å². The van der Waals surface area contributed by atoms with E-state index in [2.05, 4.69) is 31.8 Å². The van der Waals surface area contributed by atoms with E-state index in [9.17, 15) is 4.79 Å². The fourth-order valence-electron chi connectivity index (χ4n) is 4.66. The number of fused-ring (bicyclic) bond motifs is 1. The Hall–Kier alpha value is -3.11. The van der Waals surface area contributed by atoms with E-state index >= 15 is 0 Å². The number of aliphatic hydroxyl groups is 1. The smallest absolute Gasteiger partial charge is 0.248 e. The van der Waals surface area contributed by atoms with Gasteiger partial charge in [0.1, 0.15) is 12.4 Å². The quantitative estimate of drug-likeness (QED) is 0.490. The molecule has 0 saturated carbocycles. The van der Waals surface area contributed by atoms with Gasteiger partial charge in [0.15, 0.2) is 0 Å². The molecule has 4 heterocycles. The molecule has 2 aliphatic heterocycles. The number of carbonyl (C=O) groups is 1. The Balaban J connectivity index is 1.21. The van der Waals surface area contributed by atoms with Gasteiger partial charge in [-0.3, -0.25) is 25.5 Å². The number of hydrogen-bond donors (Lipinski definition) is 3. The molecule has 178 valence electrons. The van der Waals surface area contributed by atoms with Crippen LogP contribution in [-0.4, -0.2) is 70.1 Å². The minimum atomic E-state index is -0.440. The number of aliphatic hydroxyl groups excluding tert-OH is 1. The maximum Gasteiger partial charge on any atom is 0.248 e. The molecule has 9 nitrogen and oxygen atoms in total. The predicted octanol–water partition coefficient (Wildman–Crippen LogP) is 1.99. The Morgan fingerprint density at radius 3 is 2.88 bits per heavy atom. The fraction of sp³-hybridized carbons (Fsp3) is 0.400. The molecule has 1 unspecified atom stereocenters. The van der Waals surface area contributed by atoms with Crippen molar-refractivity contribution in [1.29, 1.82) is 0 Å². The molecule has 5 rings (SSSR count). The number of aromatic nitrogens is 2. The lowest BCUT2D eigenvalue weighted by atomic mass is 10.1. The first-order chi connectivity index (χ1) is 16.6. The van der Waals surface area contributed by atoms with Crippen LogP contribution < -0.4 is 15.6 Å². The summed E-state index contributed by atoms with van der Waals surface area (Å²) in [5.74, 6) is 1.03. The van der Waals surface area contributed by atoms with Crippen LogP contribution in [0.25, 0.3) is 10.9 Å². The minimum Gasteiger partial charge on any atom is -0.439 e. The first-order valence-electron chi connectivity index (χ1n) is 11.7. The summed E-state index contributed by atoms with van der Waals surface area (Å²) < 4.78 is 5.96. The molecule has 2 aliphatic rings. The third-order valence-electron chi connectivity index (χ3n) is 6.66. The second kappa shape index (κ2) is 10.0. The minimum absolute atomic E-state index is 0.140. The molecule has 9 heteroatoms. The SMILES string of the molecule is CN(C(=O)CO)[C@@H]1CCN(Cc2cnc3cc(Oc4ccc(C5CCNN5)cn4)ccc3c2)C1. The number of ether oxygens (including phenoxy) is 1. The van der Waals surface area contributed by atoms with Crippen molar-refractivity contribution >= 4 is 16.8 Å². The molecule has 0 aliphatic carbocycles. The zero-order valence-corrected chi connectivity index (χ0v) is 19.3. The van der Waals surface area contributed by atoms with E-state index in [1.54, 1.807) is 11.9 Å². The summed E-state index contributed by atoms with van der Waals surface area (Å²) in [4.78, 5) is 24.8. The van der Waals surface area contributed by atoms with Crippen molar-refractivity contribution in [2.45, 2.75) is 31.5 Å². The molecule has 0 radical (unpaired) electrons. The average molecular weight is 463 g/mol. The molecule has 34 heavy (non-hydrogen) atoms. The number of nitrogens with zero attached hydrogens (tertiary/aromatic N) is 4. The third-order valence-corrected chi connectivity index (χ3v) is 6.66. The van der Waals surface area contributed by atoms with E-state index in [0.717, 1.165) is 61.1 Å². The lowest BCUT2D eigenvalue weighted by Gasteiger charge is -2.24. The molecule has 2 saturated heterocycles. The first kappa shape index (κ1) is 22.7. The number of pyridine rings is 2. The van der Waals surface area contributed by atoms with E-state index in [1.807, 2.05) is 42.7 Å². The molecule has 2 atom stereocenters. The summed E-state index contributed by atoms with van der Waals surface area (Å²) in [6, 6.07) is 12.4. The number of hydrogen-bond acceptors (Lipinski definition) is 8. The van der Waals surface area contributed by atoms with E-state index in [-0.39, 0.29) is 18.0 Å². The Bertz CT molecular complexity index is 1150. The molecular weight excluding hydrogens is 432 g/mol. The van der Waals surface area contributed by atoms with Crippen LogP contribution in [0.4, 0.5) is 0 Å². The summed E-state index contributed by atoms with van der Waals surface area (Å²) in [5, 5.41) is 10.1. The van der Waals surface area contributed by atoms with Crippen molar-refractivity contribution in [2.24, 2.45) is 0 Å². The van der Waals surface area contributed by atoms with Gasteiger partial charge in [-0.25, -0.2) is 4.98 Å². The highest BCUT2D eigenvalue weighted by molar-refractivity contribution is 5.80. The van der Waals surface area contributed by atoms with E-state index in [1.165, 1.54) is 0 Å². The summed E-state index contributed by atoms with van der Waals surface area (Å²) in [6.45, 7) is 3.00. The summed E-state index contributed by atoms with van der Waals surface area (Å²) >= 11 is 0. The van der Waals surface area contributed by atoms with Gasteiger partial charge in [0.2, 0.25) is 11.8 Å². The van der Waals surface area contributed by atoms with Gasteiger partial charge in [0.25, 0.3) is 0 Å². The normalized spacial score (nSPS) is 20.6. The Kier molecular flexibility index (Phi) is 6.68. The number of hydrazine groups is 1. The van der Waals surface area contributed by atoms with Crippen molar-refractivity contribution in [3.05, 3.63) is 59.9 Å². The molecule has 0 bridgehead atoms. The number of likely N-dealkylation sites (tertiary alicyclic amines) is 1. The number of benzene rings is 1. The monoisotopic (exact) mass is 462 g/mol. The van der Waals surface area contributed by atoms with Crippen LogP contribution in [0.2, 0.25) is 0 Å². The lowest BCUT2D eigenvalue weighted by molar-refractivity contribution is -0.134. The predicted molar refractivity (Wildman–Crippen MR) is 128 cm³/mol. The Morgan fingerprint density at radius 2 is 2.12 bits per heavy atom. The van der Waals surface area contributed by atoms with Gasteiger partial charge in [0, 0.05) is 75.2 Å². The summed E-state index contributed by atoms with van der Waals surface area (Å²) in [7, 11) is 1.76. The molecule has 2 fully saturated rings. The van der Waals surface area contributed by atoms with Crippen LogP contribution in [0.15, 0.2) is 48.8 Å². The van der Waals surface area contributed by atoms with E-state index in [4.69, 9.17) is 9.84 Å². The number of likely N-dealkylation sites (N-methyl/N-ethyl adjacent to an activating group) is 1. The largest absolute Gasteiger partial charge is 0.439 e. The molecule has 2 aromatic heterocycles. The molecule has 0 spiro atoms. The number of nitrogens with one attached hydrogen (secondary N) is 2. The highest BCUT2D eigenvalue weighted by atomic mass is 16.5. The van der Waals surface area contributed by atoms with Crippen LogP contribution in [-0.2, 0) is 11.3 Å². The highest BCUT2D eigenvalue weighted by Gasteiger charge is 2.28. The highest BCUT2D eigenvalue weighted by Crippen LogP contribution is 2.26. The van der Waals surface area contributed by atoms with Crippen LogP contribution in [0, 0.1) is 0 Å². The third kappa shape index (κ3) is 5.02. The zero-order chi connectivity index (χ0) is 23.5. The summed E-state index contributed by atoms with van der Waals surface area (Å²) in [5.41, 5.74) is 9.51.